The lowest BCUT2D eigenvalue weighted by atomic mass is 9.90. The summed E-state index contributed by atoms with van der Waals surface area (Å²) in [4.78, 5) is 25.8. The fourth-order valence-corrected chi connectivity index (χ4v) is 3.85. The number of amides is 1. The number of nitrogens with one attached hydrogen (secondary N) is 1. The van der Waals surface area contributed by atoms with Crippen LogP contribution in [0.4, 0.5) is 5.69 Å². The monoisotopic (exact) mass is 461 g/mol. The summed E-state index contributed by atoms with van der Waals surface area (Å²) in [5.41, 5.74) is 2.48. The maximum Gasteiger partial charge on any atom is 0.238 e. The summed E-state index contributed by atoms with van der Waals surface area (Å²) in [6, 6.07) is 10.4. The van der Waals surface area contributed by atoms with E-state index in [0.717, 1.165) is 15.6 Å². The van der Waals surface area contributed by atoms with Crippen LogP contribution in [0.2, 0.25) is 0 Å². The minimum absolute atomic E-state index is 0.0712. The molecule has 0 aliphatic carbocycles. The smallest absolute Gasteiger partial charge is 0.238 e. The average molecular weight is 462 g/mol. The maximum atomic E-state index is 12.6. The number of fused-ring (bicyclic) bond motifs is 1. The van der Waals surface area contributed by atoms with Gasteiger partial charge in [-0.2, -0.15) is 0 Å². The minimum Gasteiger partial charge on any atom is -0.550 e. The molecule has 0 spiro atoms. The van der Waals surface area contributed by atoms with Crippen LogP contribution in [-0.4, -0.2) is 44.1 Å². The zero-order valence-electron chi connectivity index (χ0n) is 16.2. The molecule has 0 bridgehead atoms. The molecule has 0 saturated carbocycles. The summed E-state index contributed by atoms with van der Waals surface area (Å²) in [5.74, 6) is -0.258. The van der Waals surface area contributed by atoms with Gasteiger partial charge in [0.2, 0.25) is 5.91 Å². The first-order chi connectivity index (χ1) is 13.9. The van der Waals surface area contributed by atoms with Crippen LogP contribution in [0.5, 0.6) is 11.5 Å². The van der Waals surface area contributed by atoms with Crippen molar-refractivity contribution in [3.8, 4) is 11.5 Å². The second-order valence-electron chi connectivity index (χ2n) is 6.77. The van der Waals surface area contributed by atoms with Gasteiger partial charge in [-0.25, -0.2) is 0 Å². The second-order valence-corrected chi connectivity index (χ2v) is 7.69. The molecule has 0 saturated heterocycles. The highest BCUT2D eigenvalue weighted by atomic mass is 79.9. The van der Waals surface area contributed by atoms with Gasteiger partial charge >= 0.3 is 0 Å². The van der Waals surface area contributed by atoms with E-state index >= 15 is 0 Å². The number of carboxylic acid groups (broad SMARTS) is 1. The van der Waals surface area contributed by atoms with E-state index in [1.54, 1.807) is 25.3 Å². The largest absolute Gasteiger partial charge is 0.550 e. The van der Waals surface area contributed by atoms with Crippen molar-refractivity contribution in [2.45, 2.75) is 18.9 Å². The zero-order chi connectivity index (χ0) is 21.0. The van der Waals surface area contributed by atoms with Crippen LogP contribution < -0.4 is 19.9 Å². The first-order valence-corrected chi connectivity index (χ1v) is 9.94. The molecule has 1 atom stereocenters. The van der Waals surface area contributed by atoms with Crippen LogP contribution in [0.3, 0.4) is 0 Å². The predicted octanol–water partition coefficient (Wildman–Crippen LogP) is 2.14. The van der Waals surface area contributed by atoms with Gasteiger partial charge < -0.3 is 24.7 Å². The number of nitrogens with zero attached hydrogens (tertiary/aromatic N) is 1. The van der Waals surface area contributed by atoms with Crippen molar-refractivity contribution in [3.05, 3.63) is 52.0 Å². The second kappa shape index (κ2) is 9.28. The van der Waals surface area contributed by atoms with Crippen LogP contribution in [0.15, 0.2) is 40.9 Å². The highest BCUT2D eigenvalue weighted by molar-refractivity contribution is 9.10. The van der Waals surface area contributed by atoms with Gasteiger partial charge in [0.25, 0.3) is 0 Å². The Labute approximate surface area is 177 Å². The molecular formula is C21H22BrN2O5-. The van der Waals surface area contributed by atoms with Crippen LogP contribution >= 0.6 is 15.9 Å². The van der Waals surface area contributed by atoms with E-state index < -0.39 is 12.0 Å². The molecule has 1 amide bonds. The molecule has 154 valence electrons. The van der Waals surface area contributed by atoms with E-state index in [0.29, 0.717) is 30.2 Å². The summed E-state index contributed by atoms with van der Waals surface area (Å²) in [6.07, 6.45) is 0.457. The Morgan fingerprint density at radius 3 is 2.45 bits per heavy atom. The van der Waals surface area contributed by atoms with Gasteiger partial charge in [-0.15, -0.1) is 0 Å². The van der Waals surface area contributed by atoms with Gasteiger partial charge in [-0.1, -0.05) is 15.9 Å². The summed E-state index contributed by atoms with van der Waals surface area (Å²) in [7, 11) is 3.09. The number of benzene rings is 2. The van der Waals surface area contributed by atoms with Crippen molar-refractivity contribution < 1.29 is 24.2 Å². The third-order valence-electron chi connectivity index (χ3n) is 4.95. The van der Waals surface area contributed by atoms with Crippen LogP contribution in [0.1, 0.15) is 23.6 Å². The lowest BCUT2D eigenvalue weighted by molar-refractivity contribution is -0.307. The standard InChI is InChI=1S/C21H23BrN2O5/c1-28-18-9-13-7-8-24(12-20(25)23-15-5-3-14(22)4-6-15)17(11-21(26)27)16(13)10-19(18)29-2/h3-6,9-10,17H,7-8,11-12H2,1-2H3,(H,23,25)(H,26,27)/p-1. The summed E-state index contributed by atoms with van der Waals surface area (Å²) >= 11 is 3.36. The maximum absolute atomic E-state index is 12.6. The van der Waals surface area contributed by atoms with Crippen molar-refractivity contribution in [1.82, 2.24) is 4.90 Å². The Kier molecular flexibility index (Phi) is 6.76. The summed E-state index contributed by atoms with van der Waals surface area (Å²) in [6.45, 7) is 0.621. The number of hydrogen-bond acceptors (Lipinski definition) is 6. The third kappa shape index (κ3) is 5.07. The van der Waals surface area contributed by atoms with Crippen molar-refractivity contribution in [2.24, 2.45) is 0 Å². The van der Waals surface area contributed by atoms with Crippen molar-refractivity contribution in [2.75, 3.05) is 32.6 Å². The normalized spacial score (nSPS) is 16.0. The Hall–Kier alpha value is -2.58. The van der Waals surface area contributed by atoms with Gasteiger partial charge in [0, 0.05) is 35.1 Å². The number of rotatable bonds is 7. The highest BCUT2D eigenvalue weighted by Gasteiger charge is 2.30. The number of ether oxygens (including phenoxy) is 2. The molecule has 2 aromatic carbocycles. The number of hydrogen-bond donors (Lipinski definition) is 1. The third-order valence-corrected chi connectivity index (χ3v) is 5.48. The van der Waals surface area contributed by atoms with Crippen molar-refractivity contribution >= 4 is 33.5 Å². The molecule has 0 radical (unpaired) electrons. The van der Waals surface area contributed by atoms with Crippen LogP contribution in [0, 0.1) is 0 Å². The molecule has 1 N–H and O–H groups in total. The molecule has 29 heavy (non-hydrogen) atoms. The summed E-state index contributed by atoms with van der Waals surface area (Å²) in [5, 5.41) is 14.3. The highest BCUT2D eigenvalue weighted by Crippen LogP contribution is 2.39. The molecule has 3 rings (SSSR count). The van der Waals surface area contributed by atoms with Crippen LogP contribution in [-0.2, 0) is 16.0 Å². The quantitative estimate of drug-likeness (QED) is 0.678. The molecule has 1 unspecified atom stereocenters. The molecule has 2 aromatic rings. The number of anilines is 1. The van der Waals surface area contributed by atoms with Crippen molar-refractivity contribution in [3.63, 3.8) is 0 Å². The van der Waals surface area contributed by atoms with Gasteiger partial charge in [0.05, 0.1) is 20.8 Å². The van der Waals surface area contributed by atoms with Crippen LogP contribution in [0.25, 0.3) is 0 Å². The molecular weight excluding hydrogens is 440 g/mol. The van der Waals surface area contributed by atoms with Crippen molar-refractivity contribution in [1.29, 1.82) is 0 Å². The number of carbonyl (C=O) groups is 2. The van der Waals surface area contributed by atoms with Gasteiger partial charge in [-0.05, 0) is 53.9 Å². The Balaban J connectivity index is 1.82. The Morgan fingerprint density at radius 1 is 1.17 bits per heavy atom. The van der Waals surface area contributed by atoms with E-state index in [4.69, 9.17) is 9.47 Å². The molecule has 0 fully saturated rings. The topological polar surface area (TPSA) is 90.9 Å². The number of carboxylic acids is 1. The van der Waals surface area contributed by atoms with E-state index in [-0.39, 0.29) is 18.9 Å². The lowest BCUT2D eigenvalue weighted by Crippen LogP contribution is -2.43. The van der Waals surface area contributed by atoms with E-state index in [1.807, 2.05) is 23.1 Å². The molecule has 8 heteroatoms. The lowest BCUT2D eigenvalue weighted by Gasteiger charge is -2.37. The summed E-state index contributed by atoms with van der Waals surface area (Å²) < 4.78 is 11.6. The number of carbonyl (C=O) groups excluding carboxylic acids is 2. The number of halogens is 1. The molecule has 1 heterocycles. The fraction of sp³-hybridized carbons (Fsp3) is 0.333. The fourth-order valence-electron chi connectivity index (χ4n) is 3.58. The first-order valence-electron chi connectivity index (χ1n) is 9.15. The average Bonchev–Trinajstić information content (AvgIpc) is 2.70. The predicted molar refractivity (Wildman–Crippen MR) is 110 cm³/mol. The molecule has 7 nitrogen and oxygen atoms in total. The van der Waals surface area contributed by atoms with Gasteiger partial charge in [0.1, 0.15) is 0 Å². The number of aliphatic carboxylic acids is 1. The number of methoxy groups -OCH3 is 2. The zero-order valence-corrected chi connectivity index (χ0v) is 17.8. The molecule has 1 aliphatic rings. The van der Waals surface area contributed by atoms with E-state index in [1.165, 1.54) is 7.11 Å². The Bertz CT molecular complexity index is 901. The minimum atomic E-state index is -1.17. The molecule has 0 aromatic heterocycles. The molecule has 1 aliphatic heterocycles. The Morgan fingerprint density at radius 2 is 1.83 bits per heavy atom. The van der Waals surface area contributed by atoms with E-state index in [2.05, 4.69) is 21.2 Å². The van der Waals surface area contributed by atoms with Gasteiger partial charge in [-0.3, -0.25) is 9.69 Å². The van der Waals surface area contributed by atoms with E-state index in [9.17, 15) is 14.7 Å². The SMILES string of the molecule is COc1cc2c(cc1OC)C(CC(=O)[O-])N(CC(=O)Nc1ccc(Br)cc1)CC2. The van der Waals surface area contributed by atoms with Gasteiger partial charge in [0.15, 0.2) is 11.5 Å². The first kappa shape index (κ1) is 21.1.